The molecule has 126 valence electrons. The van der Waals surface area contributed by atoms with Crippen molar-refractivity contribution in [2.24, 2.45) is 11.3 Å². The summed E-state index contributed by atoms with van der Waals surface area (Å²) in [7, 11) is 0. The Kier molecular flexibility index (Phi) is 4.79. The minimum Gasteiger partial charge on any atom is -0.377 e. The Morgan fingerprint density at radius 1 is 1.27 bits per heavy atom. The largest absolute Gasteiger partial charge is 0.377 e. The van der Waals surface area contributed by atoms with Gasteiger partial charge in [-0.05, 0) is 38.6 Å². The predicted molar refractivity (Wildman–Crippen MR) is 87.7 cm³/mol. The average Bonchev–Trinajstić information content (AvgIpc) is 2.94. The summed E-state index contributed by atoms with van der Waals surface area (Å²) in [6, 6.07) is 0.508. The molecule has 0 aromatic rings. The van der Waals surface area contributed by atoms with Crippen LogP contribution in [0.4, 0.5) is 0 Å². The van der Waals surface area contributed by atoms with Crippen molar-refractivity contribution < 1.29 is 9.53 Å². The van der Waals surface area contributed by atoms with Gasteiger partial charge in [-0.1, -0.05) is 20.8 Å². The van der Waals surface area contributed by atoms with Gasteiger partial charge in [0.25, 0.3) is 0 Å². The van der Waals surface area contributed by atoms with Crippen LogP contribution in [-0.4, -0.2) is 60.6 Å². The lowest BCUT2D eigenvalue weighted by Crippen LogP contribution is -2.67. The summed E-state index contributed by atoms with van der Waals surface area (Å²) < 4.78 is 5.92. The molecule has 0 N–H and O–H groups in total. The molecule has 1 saturated carbocycles. The molecular weight excluding hydrogens is 276 g/mol. The van der Waals surface area contributed by atoms with Crippen LogP contribution >= 0.6 is 0 Å². The third kappa shape index (κ3) is 2.80. The minimum absolute atomic E-state index is 0.179. The van der Waals surface area contributed by atoms with E-state index >= 15 is 0 Å². The van der Waals surface area contributed by atoms with Gasteiger partial charge in [-0.2, -0.15) is 0 Å². The number of hydrogen-bond donors (Lipinski definition) is 0. The number of likely N-dealkylation sites (tertiary alicyclic amines) is 1. The summed E-state index contributed by atoms with van der Waals surface area (Å²) in [6.07, 6.45) is 6.30. The smallest absolute Gasteiger partial charge is 0.236 e. The Morgan fingerprint density at radius 3 is 2.68 bits per heavy atom. The maximum atomic E-state index is 12.7. The van der Waals surface area contributed by atoms with E-state index in [0.29, 0.717) is 30.5 Å². The normalized spacial score (nSPS) is 33.6. The molecule has 2 aliphatic heterocycles. The van der Waals surface area contributed by atoms with Crippen LogP contribution < -0.4 is 0 Å². The van der Waals surface area contributed by atoms with Crippen molar-refractivity contribution in [3.05, 3.63) is 0 Å². The van der Waals surface area contributed by atoms with Crippen LogP contribution in [0.25, 0.3) is 0 Å². The van der Waals surface area contributed by atoms with E-state index in [1.807, 2.05) is 0 Å². The third-order valence-corrected chi connectivity index (χ3v) is 5.99. The van der Waals surface area contributed by atoms with Crippen LogP contribution in [0.15, 0.2) is 0 Å². The van der Waals surface area contributed by atoms with E-state index in [1.165, 1.54) is 19.3 Å². The van der Waals surface area contributed by atoms with E-state index in [-0.39, 0.29) is 5.41 Å². The summed E-state index contributed by atoms with van der Waals surface area (Å²) in [5.74, 6) is 0.974. The molecular formula is C18H32N2O2. The summed E-state index contributed by atoms with van der Waals surface area (Å²) in [5, 5.41) is 0. The molecule has 0 aromatic heterocycles. The van der Waals surface area contributed by atoms with Gasteiger partial charge in [-0.25, -0.2) is 0 Å². The monoisotopic (exact) mass is 308 g/mol. The van der Waals surface area contributed by atoms with Gasteiger partial charge in [0.2, 0.25) is 5.91 Å². The lowest BCUT2D eigenvalue weighted by Gasteiger charge is -2.58. The zero-order chi connectivity index (χ0) is 15.7. The van der Waals surface area contributed by atoms with E-state index in [2.05, 4.69) is 30.6 Å². The first-order valence-corrected chi connectivity index (χ1v) is 9.19. The first kappa shape index (κ1) is 16.3. The first-order valence-electron chi connectivity index (χ1n) is 9.19. The minimum atomic E-state index is 0.179. The fraction of sp³-hybridized carbons (Fsp3) is 0.944. The lowest BCUT2D eigenvalue weighted by atomic mass is 9.56. The van der Waals surface area contributed by atoms with Gasteiger partial charge < -0.3 is 9.64 Å². The molecule has 1 aliphatic carbocycles. The van der Waals surface area contributed by atoms with Gasteiger partial charge in [0.15, 0.2) is 0 Å². The van der Waals surface area contributed by atoms with Gasteiger partial charge >= 0.3 is 0 Å². The van der Waals surface area contributed by atoms with Gasteiger partial charge in [0.05, 0.1) is 12.6 Å². The number of carbonyl (C=O) groups excluding carboxylic acids is 1. The average molecular weight is 308 g/mol. The SMILES string of the molecule is CCCN(CC(=O)N1CCCCC1)[C@@H]1[C@@H]2CCO[C@@H]2C1(C)C. The van der Waals surface area contributed by atoms with Gasteiger partial charge in [-0.15, -0.1) is 0 Å². The predicted octanol–water partition coefficient (Wildman–Crippen LogP) is 2.52. The lowest BCUT2D eigenvalue weighted by molar-refractivity contribution is -0.162. The number of nitrogens with zero attached hydrogens (tertiary/aromatic N) is 2. The third-order valence-electron chi connectivity index (χ3n) is 5.99. The van der Waals surface area contributed by atoms with E-state index in [1.54, 1.807) is 0 Å². The van der Waals surface area contributed by atoms with E-state index in [0.717, 1.165) is 39.1 Å². The summed E-state index contributed by atoms with van der Waals surface area (Å²) >= 11 is 0. The molecule has 0 radical (unpaired) electrons. The zero-order valence-electron chi connectivity index (χ0n) is 14.5. The number of carbonyl (C=O) groups is 1. The quantitative estimate of drug-likeness (QED) is 0.782. The number of ether oxygens (including phenoxy) is 1. The summed E-state index contributed by atoms with van der Waals surface area (Å²) in [6.45, 7) is 11.3. The second-order valence-corrected chi connectivity index (χ2v) is 7.92. The molecule has 3 aliphatic rings. The van der Waals surface area contributed by atoms with E-state index in [4.69, 9.17) is 4.74 Å². The second kappa shape index (κ2) is 6.48. The van der Waals surface area contributed by atoms with Crippen molar-refractivity contribution in [3.8, 4) is 0 Å². The Balaban J connectivity index is 1.66. The molecule has 1 amide bonds. The van der Waals surface area contributed by atoms with E-state index in [9.17, 15) is 4.79 Å². The standard InChI is InChI=1S/C18H32N2O2/c1-4-9-20(13-15(21)19-10-6-5-7-11-19)16-14-8-12-22-17(14)18(16,2)3/h14,16-17H,4-13H2,1-3H3/t14-,16+,17-/m0/s1. The summed E-state index contributed by atoms with van der Waals surface area (Å²) in [5.41, 5.74) is 0.179. The molecule has 22 heavy (non-hydrogen) atoms. The topological polar surface area (TPSA) is 32.8 Å². The number of fused-ring (bicyclic) bond motifs is 1. The molecule has 3 rings (SSSR count). The fourth-order valence-electron chi connectivity index (χ4n) is 5.06. The van der Waals surface area contributed by atoms with Crippen LogP contribution in [-0.2, 0) is 9.53 Å². The highest BCUT2D eigenvalue weighted by Gasteiger charge is 2.61. The van der Waals surface area contributed by atoms with Crippen LogP contribution in [0, 0.1) is 11.3 Å². The molecule has 2 saturated heterocycles. The van der Waals surface area contributed by atoms with Crippen LogP contribution in [0.3, 0.4) is 0 Å². The molecule has 2 heterocycles. The van der Waals surface area contributed by atoms with Gasteiger partial charge in [0.1, 0.15) is 0 Å². The highest BCUT2D eigenvalue weighted by Crippen LogP contribution is 2.54. The van der Waals surface area contributed by atoms with Crippen molar-refractivity contribution in [1.29, 1.82) is 0 Å². The Bertz CT molecular complexity index is 404. The Labute approximate surface area is 135 Å². The first-order chi connectivity index (χ1) is 10.6. The molecule has 4 nitrogen and oxygen atoms in total. The molecule has 0 spiro atoms. The van der Waals surface area contributed by atoms with Crippen molar-refractivity contribution in [2.75, 3.05) is 32.8 Å². The van der Waals surface area contributed by atoms with Crippen molar-refractivity contribution in [1.82, 2.24) is 9.80 Å². The fourth-order valence-corrected chi connectivity index (χ4v) is 5.06. The van der Waals surface area contributed by atoms with Crippen molar-refractivity contribution in [2.45, 2.75) is 65.0 Å². The van der Waals surface area contributed by atoms with Gasteiger partial charge in [0, 0.05) is 37.1 Å². The maximum Gasteiger partial charge on any atom is 0.236 e. The number of amides is 1. The zero-order valence-corrected chi connectivity index (χ0v) is 14.5. The van der Waals surface area contributed by atoms with Crippen LogP contribution in [0.1, 0.15) is 52.9 Å². The highest BCUT2D eigenvalue weighted by atomic mass is 16.5. The molecule has 0 unspecified atom stereocenters. The van der Waals surface area contributed by atoms with Crippen LogP contribution in [0.2, 0.25) is 0 Å². The number of piperidine rings is 1. The van der Waals surface area contributed by atoms with Gasteiger partial charge in [-0.3, -0.25) is 9.69 Å². The Hall–Kier alpha value is -0.610. The number of hydrogen-bond acceptors (Lipinski definition) is 3. The number of rotatable bonds is 5. The van der Waals surface area contributed by atoms with Crippen LogP contribution in [0.5, 0.6) is 0 Å². The molecule has 3 atom stereocenters. The van der Waals surface area contributed by atoms with E-state index < -0.39 is 0 Å². The maximum absolute atomic E-state index is 12.7. The molecule has 4 heteroatoms. The highest BCUT2D eigenvalue weighted by molar-refractivity contribution is 5.78. The second-order valence-electron chi connectivity index (χ2n) is 7.92. The Morgan fingerprint density at radius 2 is 2.00 bits per heavy atom. The van der Waals surface area contributed by atoms with Crippen molar-refractivity contribution in [3.63, 3.8) is 0 Å². The molecule has 0 bridgehead atoms. The summed E-state index contributed by atoms with van der Waals surface area (Å²) in [4.78, 5) is 17.2. The van der Waals surface area contributed by atoms with Crippen molar-refractivity contribution >= 4 is 5.91 Å². The molecule has 0 aromatic carbocycles. The molecule has 3 fully saturated rings.